The summed E-state index contributed by atoms with van der Waals surface area (Å²) < 4.78 is 69.0. The van der Waals surface area contributed by atoms with Crippen LogP contribution in [0.15, 0.2) is 242 Å². The van der Waals surface area contributed by atoms with E-state index in [1.54, 1.807) is 4.57 Å². The number of para-hydroxylation sites is 1. The van der Waals surface area contributed by atoms with Gasteiger partial charge in [0.1, 0.15) is 0 Å². The minimum atomic E-state index is -0.426. The lowest BCUT2D eigenvalue weighted by atomic mass is 9.97. The summed E-state index contributed by atoms with van der Waals surface area (Å²) >= 11 is 0. The molecule has 2 aromatic heterocycles. The molecule has 0 aliphatic carbocycles. The van der Waals surface area contributed by atoms with Crippen molar-refractivity contribution >= 4 is 43.6 Å². The number of nitrogens with zero attached hydrogens (tertiary/aromatic N) is 2. The molecule has 0 aliphatic rings. The minimum absolute atomic E-state index is 0.0838. The van der Waals surface area contributed by atoms with E-state index in [9.17, 15) is 6.85 Å². The molecule has 62 heavy (non-hydrogen) atoms. The fourth-order valence-corrected chi connectivity index (χ4v) is 9.00. The lowest BCUT2D eigenvalue weighted by Crippen LogP contribution is -1.94. The fraction of sp³-hybridized carbons (Fsp3) is 0. The molecule has 0 atom stereocenters. The van der Waals surface area contributed by atoms with Crippen LogP contribution in [0.2, 0.25) is 0 Å². The molecule has 2 heteroatoms. The second-order valence-corrected chi connectivity index (χ2v) is 15.6. The lowest BCUT2D eigenvalue weighted by Gasteiger charge is -2.11. The monoisotopic (exact) mass is 795 g/mol. The first kappa shape index (κ1) is 29.1. The molecule has 12 rings (SSSR count). The highest BCUT2D eigenvalue weighted by molar-refractivity contribution is 6.17. The molecule has 0 spiro atoms. The standard InChI is InChI=1S/C60H40N2/c1-4-13-41(14-5-1)43-23-25-44(26-24-43)46-29-35-51(36-30-46)62-58-38-32-49(40-55(58)60-52(20-12-22-59(60)62)47-17-8-3-9-18-47)48-31-37-57-54(39-48)53-19-10-11-21-56(53)61(57)50-33-27-45(28-34-50)42-15-6-2-7-16-42/h1-40H/i10D,11D,19D,21D,31D,37D,39D. The maximum atomic E-state index is 9.97. The molecule has 0 unspecified atom stereocenters. The highest BCUT2D eigenvalue weighted by Gasteiger charge is 2.19. The van der Waals surface area contributed by atoms with Gasteiger partial charge in [0.05, 0.1) is 31.7 Å². The summed E-state index contributed by atoms with van der Waals surface area (Å²) in [6.07, 6.45) is 0. The van der Waals surface area contributed by atoms with Crippen molar-refractivity contribution in [2.24, 2.45) is 0 Å². The van der Waals surface area contributed by atoms with Crippen LogP contribution in [-0.2, 0) is 0 Å². The molecule has 0 N–H and O–H groups in total. The van der Waals surface area contributed by atoms with Crippen LogP contribution in [0, 0.1) is 0 Å². The van der Waals surface area contributed by atoms with Gasteiger partial charge in [-0.1, -0.05) is 182 Å². The SMILES string of the molecule is [2H]c1c([2H])c([2H])c2c(c1[2H])c1c([2H])c(-c3ccc4c(c3)c3c(-c5ccccc5)cccc3n4-c3ccc(-c4ccc(-c5ccccc5)cc4)cc3)c([2H])c([2H])c1n2-c1ccc(-c2ccccc2)cc1. The second-order valence-electron chi connectivity index (χ2n) is 15.6. The third kappa shape index (κ3) is 6.04. The first-order chi connectivity index (χ1) is 33.7. The van der Waals surface area contributed by atoms with E-state index < -0.39 is 12.1 Å². The van der Waals surface area contributed by atoms with Gasteiger partial charge in [-0.2, -0.15) is 0 Å². The Labute approximate surface area is 370 Å². The van der Waals surface area contributed by atoms with E-state index in [-0.39, 0.29) is 57.6 Å². The third-order valence-corrected chi connectivity index (χ3v) is 12.0. The van der Waals surface area contributed by atoms with E-state index >= 15 is 0 Å². The van der Waals surface area contributed by atoms with E-state index in [2.05, 4.69) is 95.6 Å². The average Bonchev–Trinajstić information content (AvgIpc) is 3.94. The molecule has 0 aliphatic heterocycles. The number of fused-ring (bicyclic) bond motifs is 6. The van der Waals surface area contributed by atoms with Crippen molar-refractivity contribution in [2.75, 3.05) is 0 Å². The van der Waals surface area contributed by atoms with Gasteiger partial charge >= 0.3 is 0 Å². The van der Waals surface area contributed by atoms with E-state index in [0.717, 1.165) is 66.4 Å². The Bertz CT molecular complexity index is 3980. The molecule has 0 saturated heterocycles. The van der Waals surface area contributed by atoms with Crippen molar-refractivity contribution in [1.82, 2.24) is 9.13 Å². The smallest absolute Gasteiger partial charge is 0.0645 e. The van der Waals surface area contributed by atoms with Gasteiger partial charge in [0.25, 0.3) is 0 Å². The third-order valence-electron chi connectivity index (χ3n) is 12.0. The Balaban J connectivity index is 1.06. The van der Waals surface area contributed by atoms with E-state index in [1.807, 2.05) is 109 Å². The van der Waals surface area contributed by atoms with Crippen molar-refractivity contribution < 1.29 is 9.60 Å². The zero-order valence-corrected chi connectivity index (χ0v) is 33.4. The zero-order chi connectivity index (χ0) is 47.1. The van der Waals surface area contributed by atoms with Crippen LogP contribution in [0.4, 0.5) is 0 Å². The van der Waals surface area contributed by atoms with Crippen LogP contribution in [0.25, 0.3) is 111 Å². The summed E-state index contributed by atoms with van der Waals surface area (Å²) in [7, 11) is 0. The molecular weight excluding hydrogens is 749 g/mol. The highest BCUT2D eigenvalue weighted by Crippen LogP contribution is 2.42. The molecule has 0 saturated carbocycles. The predicted octanol–water partition coefficient (Wildman–Crippen LogP) is 16.2. The molecule has 0 radical (unpaired) electrons. The van der Waals surface area contributed by atoms with Gasteiger partial charge in [-0.05, 0) is 116 Å². The second kappa shape index (κ2) is 14.8. The summed E-state index contributed by atoms with van der Waals surface area (Å²) in [6, 6.07) is 65.6. The molecule has 12 aromatic rings. The van der Waals surface area contributed by atoms with Gasteiger partial charge < -0.3 is 9.13 Å². The van der Waals surface area contributed by atoms with Gasteiger partial charge in [-0.3, -0.25) is 0 Å². The quantitative estimate of drug-likeness (QED) is 0.152. The lowest BCUT2D eigenvalue weighted by molar-refractivity contribution is 1.18. The van der Waals surface area contributed by atoms with Crippen molar-refractivity contribution in [1.29, 1.82) is 0 Å². The average molecular weight is 796 g/mol. The summed E-state index contributed by atoms with van der Waals surface area (Å²) in [5.74, 6) is 0. The summed E-state index contributed by atoms with van der Waals surface area (Å²) in [5.41, 5.74) is 13.1. The van der Waals surface area contributed by atoms with Crippen molar-refractivity contribution in [3.8, 4) is 67.0 Å². The normalized spacial score (nSPS) is 13.1. The molecule has 290 valence electrons. The topological polar surface area (TPSA) is 9.86 Å². The first-order valence-electron chi connectivity index (χ1n) is 24.3. The molecule has 0 amide bonds. The number of hydrogen-bond acceptors (Lipinski definition) is 0. The summed E-state index contributed by atoms with van der Waals surface area (Å²) in [6.45, 7) is 0. The summed E-state index contributed by atoms with van der Waals surface area (Å²) in [5, 5.41) is 2.23. The molecular formula is C60H40N2. The Morgan fingerprint density at radius 1 is 0.290 bits per heavy atom. The van der Waals surface area contributed by atoms with Gasteiger partial charge in [-0.25, -0.2) is 0 Å². The highest BCUT2D eigenvalue weighted by atomic mass is 15.0. The Morgan fingerprint density at radius 2 is 0.774 bits per heavy atom. The predicted molar refractivity (Wildman–Crippen MR) is 262 cm³/mol. The summed E-state index contributed by atoms with van der Waals surface area (Å²) in [4.78, 5) is 0. The van der Waals surface area contributed by atoms with Crippen LogP contribution in [0.3, 0.4) is 0 Å². The van der Waals surface area contributed by atoms with Gasteiger partial charge in [0, 0.05) is 32.9 Å². The first-order valence-corrected chi connectivity index (χ1v) is 20.8. The van der Waals surface area contributed by atoms with E-state index in [1.165, 1.54) is 5.56 Å². The van der Waals surface area contributed by atoms with E-state index in [4.69, 9.17) is 2.74 Å². The maximum absolute atomic E-state index is 9.97. The van der Waals surface area contributed by atoms with Crippen molar-refractivity contribution in [2.45, 2.75) is 0 Å². The molecule has 0 bridgehead atoms. The van der Waals surface area contributed by atoms with Gasteiger partial charge in [0.2, 0.25) is 0 Å². The van der Waals surface area contributed by atoms with Crippen LogP contribution in [0.5, 0.6) is 0 Å². The molecule has 2 heterocycles. The largest absolute Gasteiger partial charge is 0.309 e. The van der Waals surface area contributed by atoms with Gasteiger partial charge in [-0.15, -0.1) is 0 Å². The minimum Gasteiger partial charge on any atom is -0.309 e. The Hall–Kier alpha value is -8.20. The molecule has 10 aromatic carbocycles. The van der Waals surface area contributed by atoms with Crippen LogP contribution in [-0.4, -0.2) is 9.13 Å². The van der Waals surface area contributed by atoms with Crippen LogP contribution in [0.1, 0.15) is 9.60 Å². The van der Waals surface area contributed by atoms with E-state index in [0.29, 0.717) is 11.3 Å². The Morgan fingerprint density at radius 3 is 1.37 bits per heavy atom. The fourth-order valence-electron chi connectivity index (χ4n) is 9.00. The van der Waals surface area contributed by atoms with Crippen molar-refractivity contribution in [3.63, 3.8) is 0 Å². The Kier molecular flexibility index (Phi) is 6.95. The van der Waals surface area contributed by atoms with Gasteiger partial charge in [0.15, 0.2) is 0 Å². The number of hydrogen-bond donors (Lipinski definition) is 0. The van der Waals surface area contributed by atoms with Crippen LogP contribution < -0.4 is 0 Å². The number of benzene rings is 10. The number of rotatable bonds is 7. The number of aromatic nitrogens is 2. The zero-order valence-electron chi connectivity index (χ0n) is 40.4. The van der Waals surface area contributed by atoms with Crippen molar-refractivity contribution in [3.05, 3.63) is 242 Å². The molecule has 0 fully saturated rings. The van der Waals surface area contributed by atoms with Crippen LogP contribution >= 0.6 is 0 Å². The maximum Gasteiger partial charge on any atom is 0.0645 e. The molecule has 2 nitrogen and oxygen atoms in total.